The average Bonchev–Trinajstić information content (AvgIpc) is 3.12. The second-order valence-electron chi connectivity index (χ2n) is 13.1. The quantitative estimate of drug-likeness (QED) is 0.0525. The minimum atomic E-state index is -2.56. The van der Waals surface area contributed by atoms with Gasteiger partial charge in [0.2, 0.25) is 0 Å². The van der Waals surface area contributed by atoms with Gasteiger partial charge in [-0.2, -0.15) is 0 Å². The summed E-state index contributed by atoms with van der Waals surface area (Å²) in [6.07, 6.45) is 10.6. The first-order valence-corrected chi connectivity index (χ1v) is 25.9. The maximum atomic E-state index is 7.25. The molecule has 1 N–H and O–H groups in total. The molecule has 4 rings (SSSR count). The molecule has 0 aliphatic heterocycles. The Morgan fingerprint density at radius 3 is 1.39 bits per heavy atom. The van der Waals surface area contributed by atoms with Gasteiger partial charge in [-0.15, -0.1) is 0 Å². The molecule has 0 saturated carbocycles. The van der Waals surface area contributed by atoms with E-state index in [1.807, 2.05) is 0 Å². The molecule has 2 atom stereocenters. The van der Waals surface area contributed by atoms with E-state index in [1.165, 1.54) is 74.1 Å². The third-order valence-electron chi connectivity index (χ3n) is 9.71. The molecule has 4 aromatic rings. The van der Waals surface area contributed by atoms with Crippen molar-refractivity contribution in [3.8, 4) is 0 Å². The normalized spacial score (nSPS) is 13.3. The number of benzene rings is 4. The number of rotatable bonds is 21. The van der Waals surface area contributed by atoms with E-state index in [9.17, 15) is 0 Å². The zero-order valence-corrected chi connectivity index (χ0v) is 31.5. The number of ether oxygens (including phenoxy) is 1. The summed E-state index contributed by atoms with van der Waals surface area (Å²) >= 11 is -2.56. The van der Waals surface area contributed by atoms with Crippen LogP contribution in [-0.4, -0.2) is 35.1 Å². The van der Waals surface area contributed by atoms with E-state index in [2.05, 4.69) is 160 Å². The van der Waals surface area contributed by atoms with Crippen LogP contribution in [0.4, 0.5) is 0 Å². The molecule has 0 aliphatic rings. The fraction of sp³-hybridized carbons (Fsp3) is 0.395. The topological polar surface area (TPSA) is 21.3 Å². The Morgan fingerprint density at radius 1 is 0.630 bits per heavy atom. The molecule has 1 unspecified atom stereocenters. The monoisotopic (exact) mass is 723 g/mol. The van der Waals surface area contributed by atoms with Gasteiger partial charge in [0.05, 0.1) is 0 Å². The Balaban J connectivity index is 1.81. The molecule has 0 heterocycles. The predicted octanol–water partition coefficient (Wildman–Crippen LogP) is 11.1. The second kappa shape index (κ2) is 19.2. The molecule has 0 fully saturated rings. The summed E-state index contributed by atoms with van der Waals surface area (Å²) in [6.45, 7) is 11.5. The van der Waals surface area contributed by atoms with E-state index in [0.717, 1.165) is 11.0 Å². The first-order chi connectivity index (χ1) is 22.6. The van der Waals surface area contributed by atoms with Gasteiger partial charge in [0, 0.05) is 0 Å². The molecule has 0 aliphatic carbocycles. The van der Waals surface area contributed by atoms with Gasteiger partial charge in [0.1, 0.15) is 0 Å². The van der Waals surface area contributed by atoms with Gasteiger partial charge in [-0.1, -0.05) is 0 Å². The molecule has 0 bridgehead atoms. The fourth-order valence-corrected chi connectivity index (χ4v) is 21.5. The van der Waals surface area contributed by atoms with E-state index < -0.39 is 23.9 Å². The van der Waals surface area contributed by atoms with Crippen molar-refractivity contribution < 1.29 is 4.74 Å². The summed E-state index contributed by atoms with van der Waals surface area (Å²) < 4.78 is 12.5. The molecular weight excluding hydrogens is 665 g/mol. The van der Waals surface area contributed by atoms with Crippen molar-refractivity contribution in [3.05, 3.63) is 156 Å². The van der Waals surface area contributed by atoms with Crippen LogP contribution in [0, 0.1) is 0 Å². The Morgan fingerprint density at radius 2 is 1.02 bits per heavy atom. The zero-order valence-electron chi connectivity index (χ0n) is 28.7. The summed E-state index contributed by atoms with van der Waals surface area (Å²) in [4.78, 5) is 0. The van der Waals surface area contributed by atoms with E-state index >= 15 is 0 Å². The van der Waals surface area contributed by atoms with Crippen LogP contribution in [0.3, 0.4) is 0 Å². The Kier molecular flexibility index (Phi) is 15.1. The van der Waals surface area contributed by atoms with Crippen LogP contribution in [-0.2, 0) is 16.7 Å². The van der Waals surface area contributed by atoms with Crippen molar-refractivity contribution in [2.75, 3.05) is 4.62 Å². The Hall–Kier alpha value is -2.66. The Bertz CT molecular complexity index is 1260. The first-order valence-electron chi connectivity index (χ1n) is 17.8. The van der Waals surface area contributed by atoms with E-state index in [0.29, 0.717) is 0 Å². The molecule has 3 heteroatoms. The van der Waals surface area contributed by atoms with Crippen molar-refractivity contribution in [1.82, 2.24) is 5.32 Å². The molecule has 4 aromatic carbocycles. The number of nitrogens with one attached hydrogen (secondary N) is 1. The SMILES string of the molecule is C=CC(O[CH2][Sn]([CH2]CCC)([CH2]CCC)[CH2]CCC)[C@H](Cc1ccccc1)NC(c1ccccc1)(c1ccccc1)c1ccccc1. The van der Waals surface area contributed by atoms with E-state index in [1.54, 1.807) is 0 Å². The van der Waals surface area contributed by atoms with Crippen LogP contribution in [0.15, 0.2) is 134 Å². The number of hydrogen-bond donors (Lipinski definition) is 1. The third kappa shape index (κ3) is 9.69. The Labute approximate surface area is 284 Å². The zero-order chi connectivity index (χ0) is 32.5. The minimum absolute atomic E-state index is 0.00645. The molecule has 2 nitrogen and oxygen atoms in total. The van der Waals surface area contributed by atoms with Gasteiger partial charge in [-0.3, -0.25) is 0 Å². The van der Waals surface area contributed by atoms with Crippen molar-refractivity contribution >= 4 is 18.4 Å². The van der Waals surface area contributed by atoms with Gasteiger partial charge in [0.25, 0.3) is 0 Å². The molecular formula is C43H57NOSn. The van der Waals surface area contributed by atoms with Crippen LogP contribution >= 0.6 is 0 Å². The van der Waals surface area contributed by atoms with Crippen molar-refractivity contribution in [3.63, 3.8) is 0 Å². The van der Waals surface area contributed by atoms with Crippen LogP contribution in [0.5, 0.6) is 0 Å². The number of unbranched alkanes of at least 4 members (excludes halogenated alkanes) is 3. The van der Waals surface area contributed by atoms with Gasteiger partial charge >= 0.3 is 286 Å². The van der Waals surface area contributed by atoms with Crippen LogP contribution in [0.1, 0.15) is 81.5 Å². The number of hydrogen-bond acceptors (Lipinski definition) is 2. The van der Waals surface area contributed by atoms with Gasteiger partial charge in [-0.25, -0.2) is 0 Å². The van der Waals surface area contributed by atoms with Crippen LogP contribution in [0.2, 0.25) is 13.3 Å². The van der Waals surface area contributed by atoms with Crippen LogP contribution in [0.25, 0.3) is 0 Å². The van der Waals surface area contributed by atoms with Gasteiger partial charge in [-0.05, 0) is 0 Å². The molecule has 244 valence electrons. The van der Waals surface area contributed by atoms with Crippen molar-refractivity contribution in [1.29, 1.82) is 0 Å². The fourth-order valence-electron chi connectivity index (χ4n) is 7.08. The van der Waals surface area contributed by atoms with Gasteiger partial charge < -0.3 is 0 Å². The molecule has 0 aromatic heterocycles. The summed E-state index contributed by atoms with van der Waals surface area (Å²) in [6, 6.07) is 43.7. The van der Waals surface area contributed by atoms with E-state index in [-0.39, 0.29) is 12.1 Å². The van der Waals surface area contributed by atoms with Crippen molar-refractivity contribution in [2.24, 2.45) is 0 Å². The van der Waals surface area contributed by atoms with Crippen LogP contribution < -0.4 is 5.32 Å². The molecule has 0 saturated heterocycles. The average molecular weight is 723 g/mol. The summed E-state index contributed by atoms with van der Waals surface area (Å²) in [5.41, 5.74) is 4.37. The molecule has 0 radical (unpaired) electrons. The van der Waals surface area contributed by atoms with Gasteiger partial charge in [0.15, 0.2) is 0 Å². The molecule has 0 amide bonds. The predicted molar refractivity (Wildman–Crippen MR) is 201 cm³/mol. The summed E-state index contributed by atoms with van der Waals surface area (Å²) in [7, 11) is 0. The first kappa shape index (κ1) is 36.2. The second-order valence-corrected chi connectivity index (χ2v) is 26.8. The third-order valence-corrected chi connectivity index (χ3v) is 24.0. The summed E-state index contributed by atoms with van der Waals surface area (Å²) in [5, 5.41) is 4.31. The standard InChI is InChI=1S/C31H30NO.3C4H9.Sn/c1-3-30(33-2)29(24-25-16-8-4-9-17-25)32-31(26-18-10-5-11-19-26,27-20-12-6-13-21-27)28-22-14-7-15-23-28;3*1-3-4-2;/h3-23,29-30,32H,1-2,24H2;3*1,3-4H2,2H3;/t29-,30?;;;;/m0..../s1. The maximum absolute atomic E-state index is 7.25. The molecule has 46 heavy (non-hydrogen) atoms. The summed E-state index contributed by atoms with van der Waals surface area (Å²) in [5.74, 6) is 0. The van der Waals surface area contributed by atoms with E-state index in [4.69, 9.17) is 4.74 Å². The molecule has 0 spiro atoms. The van der Waals surface area contributed by atoms with Crippen molar-refractivity contribution in [2.45, 2.75) is 96.7 Å².